The lowest BCUT2D eigenvalue weighted by molar-refractivity contribution is -0.122. The highest BCUT2D eigenvalue weighted by molar-refractivity contribution is 5.92. The molecule has 0 aliphatic carbocycles. The molecule has 1 aliphatic heterocycles. The third-order valence-corrected chi connectivity index (χ3v) is 6.80. The molecule has 2 heterocycles. The SMILES string of the molecule is COc1cc2c(=O)n(CCC(=O)NC[C@@H]3CCCO3)c(=O)n(CC(=O)Nc3ccc(C)cc3C)c2cc1OC. The van der Waals surface area contributed by atoms with E-state index >= 15 is 0 Å². The van der Waals surface area contributed by atoms with E-state index in [-0.39, 0.29) is 42.4 Å². The Kier molecular flexibility index (Phi) is 8.70. The lowest BCUT2D eigenvalue weighted by atomic mass is 10.1. The number of hydrogen-bond acceptors (Lipinski definition) is 7. The summed E-state index contributed by atoms with van der Waals surface area (Å²) in [6.07, 6.45) is 1.73. The minimum absolute atomic E-state index is 0.0207. The van der Waals surface area contributed by atoms with Crippen LogP contribution in [0.15, 0.2) is 39.9 Å². The summed E-state index contributed by atoms with van der Waals surface area (Å²) in [5, 5.41) is 5.80. The number of methoxy groups -OCH3 is 2. The Balaban J connectivity index is 1.66. The molecule has 2 aromatic carbocycles. The Morgan fingerprint density at radius 1 is 1.03 bits per heavy atom. The van der Waals surface area contributed by atoms with E-state index in [1.165, 1.54) is 30.9 Å². The molecule has 2 amide bonds. The molecule has 1 aromatic heterocycles. The zero-order valence-electron chi connectivity index (χ0n) is 22.7. The van der Waals surface area contributed by atoms with E-state index < -0.39 is 17.2 Å². The number of nitrogens with zero attached hydrogens (tertiary/aromatic N) is 2. The van der Waals surface area contributed by atoms with E-state index in [0.717, 1.165) is 28.5 Å². The van der Waals surface area contributed by atoms with Gasteiger partial charge in [0.05, 0.1) is 31.2 Å². The van der Waals surface area contributed by atoms with Gasteiger partial charge in [-0.25, -0.2) is 4.79 Å². The molecular weight excluding hydrogens is 504 g/mol. The maximum Gasteiger partial charge on any atom is 0.331 e. The van der Waals surface area contributed by atoms with Crippen molar-refractivity contribution in [1.29, 1.82) is 0 Å². The number of hydrogen-bond donors (Lipinski definition) is 2. The minimum atomic E-state index is -0.706. The number of ether oxygens (including phenoxy) is 3. The second-order valence-corrected chi connectivity index (χ2v) is 9.61. The van der Waals surface area contributed by atoms with Crippen LogP contribution in [0.4, 0.5) is 5.69 Å². The van der Waals surface area contributed by atoms with Gasteiger partial charge >= 0.3 is 5.69 Å². The molecule has 0 radical (unpaired) electrons. The van der Waals surface area contributed by atoms with Crippen LogP contribution in [0.1, 0.15) is 30.4 Å². The predicted molar refractivity (Wildman–Crippen MR) is 147 cm³/mol. The van der Waals surface area contributed by atoms with Crippen molar-refractivity contribution in [3.8, 4) is 11.5 Å². The van der Waals surface area contributed by atoms with Crippen molar-refractivity contribution in [3.63, 3.8) is 0 Å². The maximum atomic E-state index is 13.6. The molecule has 0 saturated carbocycles. The van der Waals surface area contributed by atoms with Crippen LogP contribution in [0.25, 0.3) is 10.9 Å². The molecule has 1 aliphatic rings. The number of aromatic nitrogens is 2. The van der Waals surface area contributed by atoms with Crippen LogP contribution in [0.3, 0.4) is 0 Å². The fourth-order valence-corrected chi connectivity index (χ4v) is 4.72. The maximum absolute atomic E-state index is 13.6. The lowest BCUT2D eigenvalue weighted by Gasteiger charge is -2.17. The van der Waals surface area contributed by atoms with Gasteiger partial charge in [0.1, 0.15) is 6.54 Å². The Morgan fingerprint density at radius 3 is 2.44 bits per heavy atom. The van der Waals surface area contributed by atoms with Gasteiger partial charge in [0.2, 0.25) is 11.8 Å². The second-order valence-electron chi connectivity index (χ2n) is 9.61. The fourth-order valence-electron chi connectivity index (χ4n) is 4.72. The Morgan fingerprint density at radius 2 is 1.77 bits per heavy atom. The monoisotopic (exact) mass is 538 g/mol. The summed E-state index contributed by atoms with van der Waals surface area (Å²) in [4.78, 5) is 52.5. The molecule has 39 heavy (non-hydrogen) atoms. The van der Waals surface area contributed by atoms with Crippen molar-refractivity contribution >= 4 is 28.4 Å². The van der Waals surface area contributed by atoms with Gasteiger partial charge in [-0.2, -0.15) is 0 Å². The van der Waals surface area contributed by atoms with Gasteiger partial charge in [-0.15, -0.1) is 0 Å². The van der Waals surface area contributed by atoms with Gasteiger partial charge in [-0.05, 0) is 44.4 Å². The third kappa shape index (κ3) is 6.31. The molecule has 208 valence electrons. The molecule has 2 N–H and O–H groups in total. The summed E-state index contributed by atoms with van der Waals surface area (Å²) < 4.78 is 18.4. The Hall–Kier alpha value is -4.12. The van der Waals surface area contributed by atoms with Crippen LogP contribution in [-0.4, -0.2) is 54.4 Å². The average molecular weight is 539 g/mol. The molecule has 0 unspecified atom stereocenters. The molecule has 1 atom stereocenters. The topological polar surface area (TPSA) is 130 Å². The summed E-state index contributed by atoms with van der Waals surface area (Å²) in [5.74, 6) is -0.144. The summed E-state index contributed by atoms with van der Waals surface area (Å²) in [5.41, 5.74) is 1.49. The quantitative estimate of drug-likeness (QED) is 0.404. The van der Waals surface area contributed by atoms with Crippen LogP contribution < -0.4 is 31.4 Å². The number of aryl methyl sites for hydroxylation is 2. The summed E-state index contributed by atoms with van der Waals surface area (Å²) >= 11 is 0. The van der Waals surface area contributed by atoms with Crippen LogP contribution in [0.5, 0.6) is 11.5 Å². The highest BCUT2D eigenvalue weighted by Gasteiger charge is 2.20. The van der Waals surface area contributed by atoms with Gasteiger partial charge < -0.3 is 24.8 Å². The molecular formula is C28H34N4O7. The zero-order valence-corrected chi connectivity index (χ0v) is 22.7. The summed E-state index contributed by atoms with van der Waals surface area (Å²) in [6.45, 7) is 4.38. The fraction of sp³-hybridized carbons (Fsp3) is 0.429. The van der Waals surface area contributed by atoms with Crippen molar-refractivity contribution in [1.82, 2.24) is 14.5 Å². The third-order valence-electron chi connectivity index (χ3n) is 6.80. The molecule has 1 fully saturated rings. The van der Waals surface area contributed by atoms with E-state index in [0.29, 0.717) is 30.3 Å². The zero-order chi connectivity index (χ0) is 28.1. The van der Waals surface area contributed by atoms with Crippen LogP contribution in [0.2, 0.25) is 0 Å². The number of benzene rings is 2. The first kappa shape index (κ1) is 27.9. The van der Waals surface area contributed by atoms with Gasteiger partial charge in [0, 0.05) is 37.9 Å². The lowest BCUT2D eigenvalue weighted by Crippen LogP contribution is -2.43. The number of fused-ring (bicyclic) bond motifs is 1. The summed E-state index contributed by atoms with van der Waals surface area (Å²) in [6, 6.07) is 8.60. The smallest absolute Gasteiger partial charge is 0.331 e. The van der Waals surface area contributed by atoms with Crippen molar-refractivity contribution in [2.45, 2.75) is 52.3 Å². The molecule has 4 rings (SSSR count). The first-order chi connectivity index (χ1) is 18.7. The summed E-state index contributed by atoms with van der Waals surface area (Å²) in [7, 11) is 2.88. The van der Waals surface area contributed by atoms with Crippen LogP contribution in [0, 0.1) is 13.8 Å². The highest BCUT2D eigenvalue weighted by Crippen LogP contribution is 2.30. The highest BCUT2D eigenvalue weighted by atomic mass is 16.5. The van der Waals surface area contributed by atoms with E-state index in [1.54, 1.807) is 6.07 Å². The van der Waals surface area contributed by atoms with Gasteiger partial charge in [-0.1, -0.05) is 17.7 Å². The number of carbonyl (C=O) groups is 2. The first-order valence-electron chi connectivity index (χ1n) is 12.9. The van der Waals surface area contributed by atoms with E-state index in [9.17, 15) is 19.2 Å². The van der Waals surface area contributed by atoms with Crippen molar-refractivity contribution < 1.29 is 23.8 Å². The molecule has 1 saturated heterocycles. The molecule has 0 spiro atoms. The van der Waals surface area contributed by atoms with Crippen LogP contribution >= 0.6 is 0 Å². The van der Waals surface area contributed by atoms with Crippen molar-refractivity contribution in [3.05, 3.63) is 62.3 Å². The molecule has 11 heteroatoms. The predicted octanol–water partition coefficient (Wildman–Crippen LogP) is 2.12. The number of carbonyl (C=O) groups excluding carboxylic acids is 2. The standard InChI is InChI=1S/C28H34N4O7/c1-17-7-8-21(18(2)12-17)30-26(34)16-32-22-14-24(38-4)23(37-3)13-20(22)27(35)31(28(32)36)10-9-25(33)29-15-19-6-5-11-39-19/h7-8,12-14,19H,5-6,9-11,15-16H2,1-4H3,(H,29,33)(H,30,34)/t19-/m0/s1. The average Bonchev–Trinajstić information content (AvgIpc) is 3.44. The molecule has 3 aromatic rings. The Bertz CT molecular complexity index is 1500. The number of rotatable bonds is 10. The molecule has 11 nitrogen and oxygen atoms in total. The normalized spacial score (nSPS) is 14.8. The van der Waals surface area contributed by atoms with Gasteiger partial charge in [-0.3, -0.25) is 23.5 Å². The number of anilines is 1. The molecule has 0 bridgehead atoms. The van der Waals surface area contributed by atoms with Gasteiger partial charge in [0.25, 0.3) is 5.56 Å². The number of amides is 2. The van der Waals surface area contributed by atoms with E-state index in [4.69, 9.17) is 14.2 Å². The van der Waals surface area contributed by atoms with Gasteiger partial charge in [0.15, 0.2) is 11.5 Å². The van der Waals surface area contributed by atoms with E-state index in [2.05, 4.69) is 10.6 Å². The first-order valence-corrected chi connectivity index (χ1v) is 12.9. The van der Waals surface area contributed by atoms with Crippen molar-refractivity contribution in [2.24, 2.45) is 0 Å². The largest absolute Gasteiger partial charge is 0.493 e. The van der Waals surface area contributed by atoms with Crippen molar-refractivity contribution in [2.75, 3.05) is 32.7 Å². The Labute approximate surface area is 225 Å². The second kappa shape index (κ2) is 12.2. The number of nitrogens with one attached hydrogen (secondary N) is 2. The van der Waals surface area contributed by atoms with E-state index in [1.807, 2.05) is 26.0 Å². The van der Waals surface area contributed by atoms with Crippen LogP contribution in [-0.2, 0) is 27.4 Å². The minimum Gasteiger partial charge on any atom is -0.493 e.